The number of hydrogen-bond donors (Lipinski definition) is 2. The monoisotopic (exact) mass is 477 g/mol. The molecule has 2 aromatic carbocycles. The maximum absolute atomic E-state index is 12.9. The van der Waals surface area contributed by atoms with Gasteiger partial charge in [0, 0.05) is 54.4 Å². The van der Waals surface area contributed by atoms with Crippen LogP contribution in [0, 0.1) is 0 Å². The third-order valence-electron chi connectivity index (χ3n) is 6.24. The second-order valence-electron chi connectivity index (χ2n) is 8.24. The fourth-order valence-corrected chi connectivity index (χ4v) is 4.74. The molecule has 1 aliphatic heterocycles. The summed E-state index contributed by atoms with van der Waals surface area (Å²) in [5.41, 5.74) is 4.04. The molecule has 3 heterocycles. The van der Waals surface area contributed by atoms with Gasteiger partial charge in [-0.25, -0.2) is 9.59 Å². The first-order valence-electron chi connectivity index (χ1n) is 11.1. The van der Waals surface area contributed by atoms with Gasteiger partial charge in [-0.15, -0.1) is 0 Å². The van der Waals surface area contributed by atoms with E-state index in [2.05, 4.69) is 15.3 Å². The van der Waals surface area contributed by atoms with Crippen molar-refractivity contribution >= 4 is 34.4 Å². The van der Waals surface area contributed by atoms with Gasteiger partial charge in [-0.2, -0.15) is 0 Å². The van der Waals surface area contributed by atoms with Gasteiger partial charge in [0.1, 0.15) is 5.75 Å². The van der Waals surface area contributed by atoms with Crippen LogP contribution in [0.4, 0.5) is 10.5 Å². The number of H-pyrrole nitrogens is 1. The fourth-order valence-electron chi connectivity index (χ4n) is 4.54. The molecular weight excluding hydrogens is 454 g/mol. The van der Waals surface area contributed by atoms with Gasteiger partial charge in [0.05, 0.1) is 23.2 Å². The summed E-state index contributed by atoms with van der Waals surface area (Å²) in [6.07, 6.45) is 4.88. The van der Waals surface area contributed by atoms with Crippen molar-refractivity contribution in [1.29, 1.82) is 0 Å². The Kier molecular flexibility index (Phi) is 5.98. The Labute approximate surface area is 201 Å². The molecule has 2 amide bonds. The number of amides is 2. The first-order chi connectivity index (χ1) is 16.5. The second kappa shape index (κ2) is 9.23. The average molecular weight is 478 g/mol. The molecular formula is C25H24ClN5O3. The summed E-state index contributed by atoms with van der Waals surface area (Å²) in [6.45, 7) is 1.09. The number of halogens is 1. The van der Waals surface area contributed by atoms with Crippen molar-refractivity contribution in [2.45, 2.75) is 18.9 Å². The summed E-state index contributed by atoms with van der Waals surface area (Å²) in [7, 11) is 1.53. The standard InChI is InChI=1S/C25H24ClN5O3/c1-34-22-14-17(7-8-20(22)26)28-24(32)30-12-9-18(10-13-30)31-21-6-2-5-19(23(21)29-25(31)33)16-4-3-11-27-15-16/h2-8,11,14-15,18H,9-10,12-13H2,1H3,(H,28,32)(H,29,33). The number of piperidine rings is 1. The SMILES string of the molecule is COc1cc(NC(=O)N2CCC(n3c(=O)[nH]c4c(-c5cccnc5)cccc43)CC2)ccc1Cl. The highest BCUT2D eigenvalue weighted by atomic mass is 35.5. The minimum absolute atomic E-state index is 0.00470. The average Bonchev–Trinajstić information content (AvgIpc) is 3.21. The van der Waals surface area contributed by atoms with E-state index in [9.17, 15) is 9.59 Å². The van der Waals surface area contributed by atoms with E-state index in [4.69, 9.17) is 16.3 Å². The quantitative estimate of drug-likeness (QED) is 0.436. The molecule has 8 nitrogen and oxygen atoms in total. The smallest absolute Gasteiger partial charge is 0.326 e. The Hall–Kier alpha value is -3.78. The molecule has 1 saturated heterocycles. The number of benzene rings is 2. The van der Waals surface area contributed by atoms with Crippen molar-refractivity contribution in [3.63, 3.8) is 0 Å². The van der Waals surface area contributed by atoms with Crippen LogP contribution in [0.15, 0.2) is 65.7 Å². The number of ether oxygens (including phenoxy) is 1. The number of hydrogen-bond acceptors (Lipinski definition) is 4. The molecule has 5 rings (SSSR count). The van der Waals surface area contributed by atoms with E-state index in [0.717, 1.165) is 22.2 Å². The molecule has 2 N–H and O–H groups in total. The van der Waals surface area contributed by atoms with Crippen molar-refractivity contribution in [3.05, 3.63) is 76.4 Å². The molecule has 0 bridgehead atoms. The number of likely N-dealkylation sites (tertiary alicyclic amines) is 1. The van der Waals surface area contributed by atoms with Crippen LogP contribution in [0.3, 0.4) is 0 Å². The Morgan fingerprint density at radius 2 is 2.00 bits per heavy atom. The second-order valence-corrected chi connectivity index (χ2v) is 8.65. The Morgan fingerprint density at radius 3 is 2.74 bits per heavy atom. The summed E-state index contributed by atoms with van der Waals surface area (Å²) in [4.78, 5) is 34.7. The van der Waals surface area contributed by atoms with Crippen LogP contribution in [0.2, 0.25) is 5.02 Å². The lowest BCUT2D eigenvalue weighted by Gasteiger charge is -2.32. The number of nitrogens with one attached hydrogen (secondary N) is 2. The van der Waals surface area contributed by atoms with Crippen LogP contribution in [-0.4, -0.2) is 45.7 Å². The van der Waals surface area contributed by atoms with E-state index in [1.807, 2.05) is 34.9 Å². The summed E-state index contributed by atoms with van der Waals surface area (Å²) in [5, 5.41) is 3.38. The summed E-state index contributed by atoms with van der Waals surface area (Å²) in [6, 6.07) is 14.7. The lowest BCUT2D eigenvalue weighted by molar-refractivity contribution is 0.184. The zero-order valence-electron chi connectivity index (χ0n) is 18.6. The van der Waals surface area contributed by atoms with Crippen LogP contribution in [0.25, 0.3) is 22.2 Å². The van der Waals surface area contributed by atoms with Gasteiger partial charge in [-0.05, 0) is 37.1 Å². The summed E-state index contributed by atoms with van der Waals surface area (Å²) < 4.78 is 7.04. The van der Waals surface area contributed by atoms with Gasteiger partial charge >= 0.3 is 11.7 Å². The van der Waals surface area contributed by atoms with Crippen molar-refractivity contribution in [2.24, 2.45) is 0 Å². The third-order valence-corrected chi connectivity index (χ3v) is 6.56. The van der Waals surface area contributed by atoms with Crippen molar-refractivity contribution in [1.82, 2.24) is 19.4 Å². The number of para-hydroxylation sites is 1. The van der Waals surface area contributed by atoms with E-state index in [1.54, 1.807) is 35.5 Å². The summed E-state index contributed by atoms with van der Waals surface area (Å²) in [5.74, 6) is 0.502. The first-order valence-corrected chi connectivity index (χ1v) is 11.5. The van der Waals surface area contributed by atoms with Gasteiger partial charge in [-0.3, -0.25) is 9.55 Å². The van der Waals surface area contributed by atoms with E-state index in [-0.39, 0.29) is 17.8 Å². The van der Waals surface area contributed by atoms with Crippen LogP contribution in [0.1, 0.15) is 18.9 Å². The molecule has 0 saturated carbocycles. The van der Waals surface area contributed by atoms with Gasteiger partial charge in [0.2, 0.25) is 0 Å². The van der Waals surface area contributed by atoms with E-state index in [1.165, 1.54) is 7.11 Å². The highest BCUT2D eigenvalue weighted by Crippen LogP contribution is 2.31. The van der Waals surface area contributed by atoms with E-state index < -0.39 is 0 Å². The number of rotatable bonds is 4. The number of fused-ring (bicyclic) bond motifs is 1. The van der Waals surface area contributed by atoms with Crippen molar-refractivity contribution in [2.75, 3.05) is 25.5 Å². The largest absolute Gasteiger partial charge is 0.495 e. The molecule has 34 heavy (non-hydrogen) atoms. The first kappa shape index (κ1) is 22.0. The molecule has 0 radical (unpaired) electrons. The Bertz CT molecular complexity index is 1390. The van der Waals surface area contributed by atoms with Crippen LogP contribution in [0.5, 0.6) is 5.75 Å². The topological polar surface area (TPSA) is 92.2 Å². The Balaban J connectivity index is 1.32. The number of aromatic amines is 1. The number of carbonyl (C=O) groups is 1. The predicted molar refractivity (Wildman–Crippen MR) is 133 cm³/mol. The minimum Gasteiger partial charge on any atom is -0.495 e. The van der Waals surface area contributed by atoms with Crippen LogP contribution >= 0.6 is 11.6 Å². The molecule has 2 aromatic heterocycles. The lowest BCUT2D eigenvalue weighted by atomic mass is 10.0. The highest BCUT2D eigenvalue weighted by Gasteiger charge is 2.26. The van der Waals surface area contributed by atoms with Gasteiger partial charge in [0.15, 0.2) is 0 Å². The van der Waals surface area contributed by atoms with Gasteiger partial charge in [0.25, 0.3) is 0 Å². The van der Waals surface area contributed by atoms with Crippen molar-refractivity contribution in [3.8, 4) is 16.9 Å². The van der Waals surface area contributed by atoms with Gasteiger partial charge < -0.3 is 19.9 Å². The molecule has 0 unspecified atom stereocenters. The number of nitrogens with zero attached hydrogens (tertiary/aromatic N) is 3. The molecule has 174 valence electrons. The molecule has 1 fully saturated rings. The number of carbonyl (C=O) groups excluding carboxylic acids is 1. The number of aromatic nitrogens is 3. The maximum atomic E-state index is 12.9. The number of methoxy groups -OCH3 is 1. The molecule has 9 heteroatoms. The number of urea groups is 1. The van der Waals surface area contributed by atoms with E-state index >= 15 is 0 Å². The van der Waals surface area contributed by atoms with Gasteiger partial charge in [-0.1, -0.05) is 29.8 Å². The number of pyridine rings is 1. The van der Waals surface area contributed by atoms with Crippen LogP contribution < -0.4 is 15.7 Å². The number of imidazole rings is 1. The minimum atomic E-state index is -0.187. The predicted octanol–water partition coefficient (Wildman–Crippen LogP) is 4.92. The lowest BCUT2D eigenvalue weighted by Crippen LogP contribution is -2.42. The third kappa shape index (κ3) is 4.12. The fraction of sp³-hybridized carbons (Fsp3) is 0.240. The zero-order valence-corrected chi connectivity index (χ0v) is 19.4. The highest BCUT2D eigenvalue weighted by molar-refractivity contribution is 6.32. The Morgan fingerprint density at radius 1 is 1.18 bits per heavy atom. The maximum Gasteiger partial charge on any atom is 0.326 e. The number of anilines is 1. The van der Waals surface area contributed by atoms with E-state index in [0.29, 0.717) is 42.4 Å². The molecule has 0 atom stereocenters. The zero-order chi connectivity index (χ0) is 23.7. The molecule has 1 aliphatic rings. The molecule has 0 aliphatic carbocycles. The summed E-state index contributed by atoms with van der Waals surface area (Å²) >= 11 is 6.06. The molecule has 0 spiro atoms. The normalized spacial score (nSPS) is 14.4. The van der Waals surface area contributed by atoms with Crippen LogP contribution in [-0.2, 0) is 0 Å². The molecule has 4 aromatic rings. The van der Waals surface area contributed by atoms with Crippen molar-refractivity contribution < 1.29 is 9.53 Å².